The first-order chi connectivity index (χ1) is 34.3. The fourth-order valence-electron chi connectivity index (χ4n) is 10.6. The van der Waals surface area contributed by atoms with Gasteiger partial charge in [0, 0.05) is 50.0 Å². The highest BCUT2D eigenvalue weighted by atomic mass is 16.3. The average molecular weight is 942 g/mol. The molecule has 0 aliphatic heterocycles. The third-order valence-corrected chi connectivity index (χ3v) is 14.9. The predicted molar refractivity (Wildman–Crippen MR) is 302 cm³/mol. The number of rotatable bonds is 7. The average Bonchev–Trinajstić information content (AvgIpc) is 3.95. The van der Waals surface area contributed by atoms with Crippen molar-refractivity contribution in [3.05, 3.63) is 204 Å². The maximum atomic E-state index is 12.7. The molecule has 1 N–H and O–H groups in total. The molecule has 72 heavy (non-hydrogen) atoms. The second-order valence-electron chi connectivity index (χ2n) is 23.3. The zero-order chi connectivity index (χ0) is 50.5. The van der Waals surface area contributed by atoms with Gasteiger partial charge in [0.1, 0.15) is 22.9 Å². The summed E-state index contributed by atoms with van der Waals surface area (Å²) in [6.45, 7) is 24.6. The summed E-state index contributed by atoms with van der Waals surface area (Å²) in [6.07, 6.45) is 1.91. The molecule has 5 heteroatoms. The van der Waals surface area contributed by atoms with Gasteiger partial charge in [0.05, 0.1) is 22.3 Å². The van der Waals surface area contributed by atoms with Crippen LogP contribution in [-0.2, 0) is 21.7 Å². The first kappa shape index (κ1) is 46.6. The Morgan fingerprint density at radius 2 is 1.12 bits per heavy atom. The van der Waals surface area contributed by atoms with Crippen LogP contribution in [0, 0.1) is 0 Å². The first-order valence-corrected chi connectivity index (χ1v) is 25.3. The number of furan rings is 1. The third kappa shape index (κ3) is 7.96. The topological polar surface area (TPSA) is 64.1 Å². The van der Waals surface area contributed by atoms with E-state index in [2.05, 4.69) is 251 Å². The van der Waals surface area contributed by atoms with Gasteiger partial charge in [-0.2, -0.15) is 0 Å². The molecular formula is C67H63N3O2. The van der Waals surface area contributed by atoms with Gasteiger partial charge in [0.2, 0.25) is 0 Å². The molecule has 3 aromatic heterocycles. The fraction of sp³-hybridized carbons (Fsp3) is 0.224. The maximum absolute atomic E-state index is 12.7. The van der Waals surface area contributed by atoms with E-state index in [1.54, 1.807) is 0 Å². The lowest BCUT2D eigenvalue weighted by atomic mass is 9.76. The van der Waals surface area contributed by atoms with Crippen LogP contribution in [0.15, 0.2) is 180 Å². The van der Waals surface area contributed by atoms with Gasteiger partial charge in [0.25, 0.3) is 0 Å². The Morgan fingerprint density at radius 1 is 0.458 bits per heavy atom. The van der Waals surface area contributed by atoms with Gasteiger partial charge >= 0.3 is 0 Å². The molecule has 0 atom stereocenters. The van der Waals surface area contributed by atoms with Crippen molar-refractivity contribution in [3.63, 3.8) is 0 Å². The molecule has 0 radical (unpaired) electrons. The third-order valence-electron chi connectivity index (χ3n) is 14.9. The van der Waals surface area contributed by atoms with E-state index in [4.69, 9.17) is 14.4 Å². The smallest absolute Gasteiger partial charge is 0.161 e. The van der Waals surface area contributed by atoms with Crippen molar-refractivity contribution in [3.8, 4) is 56.3 Å². The summed E-state index contributed by atoms with van der Waals surface area (Å²) in [5.41, 5.74) is 15.5. The molecule has 11 aromatic rings. The Bertz CT molecular complexity index is 3890. The highest BCUT2D eigenvalue weighted by Gasteiger charge is 2.31. The van der Waals surface area contributed by atoms with Gasteiger partial charge in [-0.1, -0.05) is 197 Å². The van der Waals surface area contributed by atoms with E-state index in [0.29, 0.717) is 11.4 Å². The molecule has 0 saturated heterocycles. The number of hydrogen-bond acceptors (Lipinski definition) is 4. The SMILES string of the molecule is CC(C)(C)c1ccc(-n2c(-c3cc(C(C)(C)C)cc(C(C)(C)C)c3O)nc3c(-c4cc(-c5nccc6c5oc5c7ccccc7ccc65)cc(C(C)(C)c5ccccc5)c4)cccc32)c(-c2ccccc2)c1. The van der Waals surface area contributed by atoms with Crippen molar-refractivity contribution in [2.24, 2.45) is 0 Å². The molecule has 358 valence electrons. The predicted octanol–water partition coefficient (Wildman–Crippen LogP) is 18.1. The summed E-state index contributed by atoms with van der Waals surface area (Å²) < 4.78 is 9.24. The van der Waals surface area contributed by atoms with E-state index in [9.17, 15) is 5.11 Å². The van der Waals surface area contributed by atoms with Crippen molar-refractivity contribution < 1.29 is 9.52 Å². The van der Waals surface area contributed by atoms with Gasteiger partial charge in [-0.15, -0.1) is 0 Å². The first-order valence-electron chi connectivity index (χ1n) is 25.3. The molecule has 0 unspecified atom stereocenters. The molecule has 0 spiro atoms. The normalized spacial score (nSPS) is 12.7. The van der Waals surface area contributed by atoms with Crippen molar-refractivity contribution in [2.75, 3.05) is 0 Å². The molecule has 0 aliphatic rings. The van der Waals surface area contributed by atoms with Crippen molar-refractivity contribution in [1.29, 1.82) is 0 Å². The zero-order valence-corrected chi connectivity index (χ0v) is 43.4. The Labute approximate surface area is 423 Å². The molecular weight excluding hydrogens is 879 g/mol. The van der Waals surface area contributed by atoms with Crippen LogP contribution in [0.5, 0.6) is 5.75 Å². The summed E-state index contributed by atoms with van der Waals surface area (Å²) in [6, 6.07) is 60.8. The number of phenolic OH excluding ortho intramolecular Hbond substituents is 1. The van der Waals surface area contributed by atoms with E-state index in [0.717, 1.165) is 99.6 Å². The van der Waals surface area contributed by atoms with E-state index in [1.165, 1.54) is 11.1 Å². The van der Waals surface area contributed by atoms with Gasteiger partial charge in [-0.25, -0.2) is 4.98 Å². The van der Waals surface area contributed by atoms with Crippen LogP contribution in [-0.4, -0.2) is 19.6 Å². The minimum atomic E-state index is -0.398. The quantitative estimate of drug-likeness (QED) is 0.173. The van der Waals surface area contributed by atoms with Crippen LogP contribution in [0.1, 0.15) is 104 Å². The lowest BCUT2D eigenvalue weighted by Crippen LogP contribution is -2.19. The summed E-state index contributed by atoms with van der Waals surface area (Å²) in [4.78, 5) is 10.9. The number of para-hydroxylation sites is 1. The molecule has 8 aromatic carbocycles. The Balaban J connectivity index is 1.24. The summed E-state index contributed by atoms with van der Waals surface area (Å²) in [5.74, 6) is 0.919. The minimum absolute atomic E-state index is 0.0957. The van der Waals surface area contributed by atoms with Gasteiger partial charge in [-0.3, -0.25) is 9.55 Å². The molecule has 0 fully saturated rings. The number of hydrogen-bond donors (Lipinski definition) is 1. The van der Waals surface area contributed by atoms with E-state index in [1.807, 2.05) is 6.20 Å². The Morgan fingerprint density at radius 3 is 1.85 bits per heavy atom. The van der Waals surface area contributed by atoms with Crippen molar-refractivity contribution in [1.82, 2.24) is 14.5 Å². The number of aromatic nitrogens is 3. The number of fused-ring (bicyclic) bond motifs is 6. The molecule has 11 rings (SSSR count). The van der Waals surface area contributed by atoms with Crippen molar-refractivity contribution >= 4 is 43.7 Å². The van der Waals surface area contributed by atoms with Crippen LogP contribution in [0.3, 0.4) is 0 Å². The minimum Gasteiger partial charge on any atom is -0.507 e. The maximum Gasteiger partial charge on any atom is 0.161 e. The molecule has 0 amide bonds. The summed E-state index contributed by atoms with van der Waals surface area (Å²) >= 11 is 0. The monoisotopic (exact) mass is 941 g/mol. The number of nitrogens with zero attached hydrogens (tertiary/aromatic N) is 3. The van der Waals surface area contributed by atoms with Crippen LogP contribution in [0.2, 0.25) is 0 Å². The fourth-order valence-corrected chi connectivity index (χ4v) is 10.6. The van der Waals surface area contributed by atoms with Crippen LogP contribution in [0.4, 0.5) is 0 Å². The number of aromatic hydroxyl groups is 1. The molecule has 0 saturated carbocycles. The number of pyridine rings is 1. The van der Waals surface area contributed by atoms with Gasteiger partial charge in [-0.05, 0) is 104 Å². The number of imidazole rings is 1. The van der Waals surface area contributed by atoms with Crippen LogP contribution in [0.25, 0.3) is 94.3 Å². The van der Waals surface area contributed by atoms with Gasteiger partial charge < -0.3 is 9.52 Å². The highest BCUT2D eigenvalue weighted by Crippen LogP contribution is 2.47. The van der Waals surface area contributed by atoms with E-state index >= 15 is 0 Å². The second-order valence-corrected chi connectivity index (χ2v) is 23.3. The summed E-state index contributed by atoms with van der Waals surface area (Å²) in [7, 11) is 0. The van der Waals surface area contributed by atoms with Gasteiger partial charge in [0.15, 0.2) is 5.58 Å². The van der Waals surface area contributed by atoms with Crippen LogP contribution < -0.4 is 0 Å². The largest absolute Gasteiger partial charge is 0.507 e. The molecule has 0 aliphatic carbocycles. The lowest BCUT2D eigenvalue weighted by Gasteiger charge is -2.28. The van der Waals surface area contributed by atoms with E-state index in [-0.39, 0.29) is 22.0 Å². The Hall–Kier alpha value is -7.76. The summed E-state index contributed by atoms with van der Waals surface area (Å²) in [5, 5.41) is 17.0. The zero-order valence-electron chi connectivity index (χ0n) is 43.4. The highest BCUT2D eigenvalue weighted by molar-refractivity contribution is 6.17. The molecule has 5 nitrogen and oxygen atoms in total. The Kier molecular flexibility index (Phi) is 11.0. The standard InChI is InChI=1S/C67H63N3O2/c1-64(2,3)46-30-32-56(53(38-46)41-21-14-12-15-22-41)70-57-28-20-27-49(59(57)69-63(70)54-39-47(65(4,5)6)40-55(60(54)71)66(7,8)9)43-35-44(37-48(36-43)67(10,11)45-24-16-13-17-25-45)58-62-52(33-34-68-58)51-31-29-42-23-18-19-26-50(42)61(51)72-62/h12-40,71H,1-11H3. The van der Waals surface area contributed by atoms with Crippen LogP contribution >= 0.6 is 0 Å². The second kappa shape index (κ2) is 16.9. The number of benzene rings is 8. The molecule has 0 bridgehead atoms. The lowest BCUT2D eigenvalue weighted by molar-refractivity contribution is 0.446. The molecule has 3 heterocycles. The number of phenols is 1. The van der Waals surface area contributed by atoms with Crippen molar-refractivity contribution in [2.45, 2.75) is 97.8 Å². The van der Waals surface area contributed by atoms with E-state index < -0.39 is 5.41 Å².